The average molecular weight is 328 g/mol. The molecule has 0 fully saturated rings. The molecule has 2 N–H and O–H groups in total. The molecule has 8 heteroatoms. The summed E-state index contributed by atoms with van der Waals surface area (Å²) in [6.45, 7) is 2.17. The Kier molecular flexibility index (Phi) is 4.62. The summed E-state index contributed by atoms with van der Waals surface area (Å²) in [5, 5.41) is 10.8. The number of nitro benzene ring substituents is 1. The van der Waals surface area contributed by atoms with Crippen molar-refractivity contribution < 1.29 is 9.66 Å². The van der Waals surface area contributed by atoms with Gasteiger partial charge in [-0.2, -0.15) is 0 Å². The second-order valence-electron chi connectivity index (χ2n) is 4.27. The Balaban J connectivity index is 2.38. The van der Waals surface area contributed by atoms with Crippen LogP contribution in [-0.4, -0.2) is 9.91 Å². The predicted molar refractivity (Wildman–Crippen MR) is 80.1 cm³/mol. The summed E-state index contributed by atoms with van der Waals surface area (Å²) in [5.74, 6) is 0.435. The fraction of sp³-hybridized carbons (Fsp3) is 0.154. The Morgan fingerprint density at radius 1 is 1.33 bits per heavy atom. The van der Waals surface area contributed by atoms with Gasteiger partial charge in [0.05, 0.1) is 15.0 Å². The maximum atomic E-state index is 10.7. The van der Waals surface area contributed by atoms with E-state index in [0.717, 1.165) is 11.1 Å². The van der Waals surface area contributed by atoms with E-state index in [1.54, 1.807) is 13.1 Å². The first-order chi connectivity index (χ1) is 9.92. The van der Waals surface area contributed by atoms with E-state index in [1.807, 2.05) is 6.07 Å². The van der Waals surface area contributed by atoms with Gasteiger partial charge in [-0.25, -0.2) is 4.98 Å². The second-order valence-corrected chi connectivity index (χ2v) is 5.08. The van der Waals surface area contributed by atoms with Gasteiger partial charge in [0.15, 0.2) is 5.75 Å². The molecule has 0 aliphatic carbocycles. The molecule has 0 saturated heterocycles. The molecule has 1 aromatic heterocycles. The molecule has 0 aliphatic heterocycles. The van der Waals surface area contributed by atoms with Crippen molar-refractivity contribution >= 4 is 28.9 Å². The van der Waals surface area contributed by atoms with Gasteiger partial charge in [0.25, 0.3) is 5.69 Å². The van der Waals surface area contributed by atoms with E-state index in [2.05, 4.69) is 4.98 Å². The summed E-state index contributed by atoms with van der Waals surface area (Å²) >= 11 is 12.0. The minimum atomic E-state index is -0.582. The van der Waals surface area contributed by atoms with E-state index in [9.17, 15) is 10.1 Å². The predicted octanol–water partition coefficient (Wildman–Crippen LogP) is 3.86. The number of halogens is 2. The van der Waals surface area contributed by atoms with Crippen molar-refractivity contribution in [3.05, 3.63) is 55.7 Å². The molecule has 0 spiro atoms. The number of hydrogen-bond donors (Lipinski definition) is 1. The normalized spacial score (nSPS) is 10.5. The molecule has 2 aromatic rings. The van der Waals surface area contributed by atoms with Crippen LogP contribution < -0.4 is 10.5 Å². The molecular formula is C13H11Cl2N3O3. The minimum absolute atomic E-state index is 0.0401. The zero-order chi connectivity index (χ0) is 15.6. The Hall–Kier alpha value is -1.89. The number of nitrogens with two attached hydrogens (primary N) is 1. The zero-order valence-corrected chi connectivity index (χ0v) is 12.5. The summed E-state index contributed by atoms with van der Waals surface area (Å²) in [5.41, 5.74) is 6.93. The first-order valence-electron chi connectivity index (χ1n) is 5.89. The Labute approximate surface area is 130 Å². The van der Waals surface area contributed by atoms with Crippen LogP contribution in [0, 0.1) is 17.0 Å². The Morgan fingerprint density at radius 3 is 2.43 bits per heavy atom. The molecule has 0 aliphatic rings. The van der Waals surface area contributed by atoms with Crippen molar-refractivity contribution in [3.63, 3.8) is 0 Å². The van der Waals surface area contributed by atoms with Crippen LogP contribution in [0.4, 0.5) is 5.69 Å². The third-order valence-electron chi connectivity index (χ3n) is 2.72. The molecule has 1 aromatic carbocycles. The lowest BCUT2D eigenvalue weighted by Crippen LogP contribution is -2.00. The summed E-state index contributed by atoms with van der Waals surface area (Å²) < 4.78 is 5.57. The summed E-state index contributed by atoms with van der Waals surface area (Å²) in [7, 11) is 0. The highest BCUT2D eigenvalue weighted by Crippen LogP contribution is 2.39. The highest BCUT2D eigenvalue weighted by molar-refractivity contribution is 6.37. The van der Waals surface area contributed by atoms with Gasteiger partial charge in [-0.15, -0.1) is 0 Å². The van der Waals surface area contributed by atoms with Crippen LogP contribution in [0.15, 0.2) is 24.4 Å². The Bertz CT molecular complexity index is 684. The lowest BCUT2D eigenvalue weighted by atomic mass is 10.2. The molecule has 0 bridgehead atoms. The number of aromatic nitrogens is 1. The molecule has 0 amide bonds. The van der Waals surface area contributed by atoms with E-state index >= 15 is 0 Å². The molecule has 0 atom stereocenters. The van der Waals surface area contributed by atoms with Crippen LogP contribution in [-0.2, 0) is 6.54 Å². The molecule has 1 heterocycles. The zero-order valence-electron chi connectivity index (χ0n) is 11.0. The summed E-state index contributed by atoms with van der Waals surface area (Å²) in [6.07, 6.45) is 1.58. The number of benzene rings is 1. The van der Waals surface area contributed by atoms with Crippen molar-refractivity contribution in [2.75, 3.05) is 0 Å². The topological polar surface area (TPSA) is 91.3 Å². The van der Waals surface area contributed by atoms with E-state index in [1.165, 1.54) is 12.1 Å². The van der Waals surface area contributed by atoms with Gasteiger partial charge in [-0.3, -0.25) is 10.1 Å². The van der Waals surface area contributed by atoms with Crippen molar-refractivity contribution in [1.29, 1.82) is 0 Å². The van der Waals surface area contributed by atoms with E-state index in [-0.39, 0.29) is 21.5 Å². The molecule has 6 nitrogen and oxygen atoms in total. The van der Waals surface area contributed by atoms with Crippen molar-refractivity contribution in [3.8, 4) is 11.6 Å². The van der Waals surface area contributed by atoms with Gasteiger partial charge < -0.3 is 10.5 Å². The maximum Gasteiger partial charge on any atom is 0.272 e. The molecule has 0 radical (unpaired) electrons. The van der Waals surface area contributed by atoms with Gasteiger partial charge in [0.1, 0.15) is 0 Å². The van der Waals surface area contributed by atoms with E-state index in [4.69, 9.17) is 33.7 Å². The average Bonchev–Trinajstić information content (AvgIpc) is 2.43. The van der Waals surface area contributed by atoms with Crippen LogP contribution >= 0.6 is 23.2 Å². The standard InChI is InChI=1S/C13H11Cl2N3O3/c1-7-2-8(5-16)6-17-13(7)21-12-10(14)3-9(18(19)20)4-11(12)15/h2-4,6H,5,16H2,1H3. The number of rotatable bonds is 4. The van der Waals surface area contributed by atoms with Crippen molar-refractivity contribution in [1.82, 2.24) is 4.98 Å². The molecule has 110 valence electrons. The SMILES string of the molecule is Cc1cc(CN)cnc1Oc1c(Cl)cc([N+](=O)[O-])cc1Cl. The third-order valence-corrected chi connectivity index (χ3v) is 3.28. The first-order valence-corrected chi connectivity index (χ1v) is 6.65. The van der Waals surface area contributed by atoms with Crippen LogP contribution in [0.5, 0.6) is 11.6 Å². The summed E-state index contributed by atoms with van der Waals surface area (Å²) in [6, 6.07) is 4.17. The molecular weight excluding hydrogens is 317 g/mol. The number of ether oxygens (including phenoxy) is 1. The minimum Gasteiger partial charge on any atom is -0.436 e. The van der Waals surface area contributed by atoms with Gasteiger partial charge in [-0.1, -0.05) is 23.2 Å². The number of nitrogens with zero attached hydrogens (tertiary/aromatic N) is 2. The van der Waals surface area contributed by atoms with Crippen LogP contribution in [0.3, 0.4) is 0 Å². The largest absolute Gasteiger partial charge is 0.436 e. The van der Waals surface area contributed by atoms with E-state index < -0.39 is 4.92 Å². The second kappa shape index (κ2) is 6.26. The smallest absolute Gasteiger partial charge is 0.272 e. The van der Waals surface area contributed by atoms with Gasteiger partial charge in [0, 0.05) is 30.4 Å². The van der Waals surface area contributed by atoms with Crippen molar-refractivity contribution in [2.45, 2.75) is 13.5 Å². The molecule has 2 rings (SSSR count). The summed E-state index contributed by atoms with van der Waals surface area (Å²) in [4.78, 5) is 14.3. The van der Waals surface area contributed by atoms with Gasteiger partial charge >= 0.3 is 0 Å². The monoisotopic (exact) mass is 327 g/mol. The molecule has 0 unspecified atom stereocenters. The number of non-ortho nitro benzene ring substituents is 1. The number of nitro groups is 1. The Morgan fingerprint density at radius 2 is 1.95 bits per heavy atom. The number of aryl methyl sites for hydroxylation is 1. The lowest BCUT2D eigenvalue weighted by Gasteiger charge is -2.11. The fourth-order valence-electron chi connectivity index (χ4n) is 1.69. The van der Waals surface area contributed by atoms with Gasteiger partial charge in [-0.05, 0) is 18.6 Å². The highest BCUT2D eigenvalue weighted by atomic mass is 35.5. The molecule has 0 saturated carbocycles. The number of pyridine rings is 1. The van der Waals surface area contributed by atoms with E-state index in [0.29, 0.717) is 12.4 Å². The first kappa shape index (κ1) is 15.5. The third kappa shape index (κ3) is 3.41. The number of hydrogen-bond acceptors (Lipinski definition) is 5. The quantitative estimate of drug-likeness (QED) is 0.680. The lowest BCUT2D eigenvalue weighted by molar-refractivity contribution is -0.384. The van der Waals surface area contributed by atoms with Gasteiger partial charge in [0.2, 0.25) is 5.88 Å². The fourth-order valence-corrected chi connectivity index (χ4v) is 2.24. The van der Waals surface area contributed by atoms with Crippen LogP contribution in [0.2, 0.25) is 10.0 Å². The van der Waals surface area contributed by atoms with Crippen LogP contribution in [0.25, 0.3) is 0 Å². The maximum absolute atomic E-state index is 10.7. The molecule has 21 heavy (non-hydrogen) atoms. The highest BCUT2D eigenvalue weighted by Gasteiger charge is 2.17. The van der Waals surface area contributed by atoms with Crippen LogP contribution in [0.1, 0.15) is 11.1 Å². The van der Waals surface area contributed by atoms with Crippen molar-refractivity contribution in [2.24, 2.45) is 5.73 Å².